The zero-order valence-corrected chi connectivity index (χ0v) is 13.9. The molecule has 0 aliphatic heterocycles. The van der Waals surface area contributed by atoms with Crippen LogP contribution in [0.4, 0.5) is 0 Å². The second kappa shape index (κ2) is 8.97. The molecule has 1 N–H and O–H groups in total. The monoisotopic (exact) mass is 302 g/mol. The molecule has 0 saturated heterocycles. The van der Waals surface area contributed by atoms with Crippen LogP contribution in [-0.2, 0) is 0 Å². The lowest BCUT2D eigenvalue weighted by molar-refractivity contribution is 0.0697. The molecule has 0 bridgehead atoms. The van der Waals surface area contributed by atoms with Crippen LogP contribution in [0.1, 0.15) is 93.0 Å². The van der Waals surface area contributed by atoms with Crippen molar-refractivity contribution in [2.75, 3.05) is 0 Å². The molecule has 1 aliphatic carbocycles. The number of aromatic carboxylic acids is 1. The molecule has 122 valence electrons. The molecule has 0 heterocycles. The van der Waals surface area contributed by atoms with E-state index in [0.717, 1.165) is 5.92 Å². The number of carboxylic acid groups (broad SMARTS) is 1. The Labute approximate surface area is 134 Å². The van der Waals surface area contributed by atoms with E-state index in [-0.39, 0.29) is 0 Å². The summed E-state index contributed by atoms with van der Waals surface area (Å²) < 4.78 is 0. The fraction of sp³-hybridized carbons (Fsp3) is 0.650. The third-order valence-electron chi connectivity index (χ3n) is 5.19. The maximum atomic E-state index is 10.9. The number of hydrogen-bond acceptors (Lipinski definition) is 1. The topological polar surface area (TPSA) is 37.3 Å². The van der Waals surface area contributed by atoms with E-state index in [0.29, 0.717) is 11.5 Å². The number of carbonyl (C=O) groups is 1. The van der Waals surface area contributed by atoms with Crippen molar-refractivity contribution in [1.29, 1.82) is 0 Å². The van der Waals surface area contributed by atoms with E-state index >= 15 is 0 Å². The molecule has 0 spiro atoms. The van der Waals surface area contributed by atoms with Gasteiger partial charge in [-0.25, -0.2) is 4.79 Å². The lowest BCUT2D eigenvalue weighted by atomic mass is 9.77. The molecule has 2 heteroatoms. The van der Waals surface area contributed by atoms with E-state index in [1.54, 1.807) is 12.1 Å². The third kappa shape index (κ3) is 5.15. The van der Waals surface area contributed by atoms with Crippen molar-refractivity contribution in [2.24, 2.45) is 5.92 Å². The van der Waals surface area contributed by atoms with E-state index in [1.165, 1.54) is 69.8 Å². The van der Waals surface area contributed by atoms with Gasteiger partial charge in [-0.2, -0.15) is 0 Å². The van der Waals surface area contributed by atoms with Crippen LogP contribution in [0.25, 0.3) is 0 Å². The fourth-order valence-corrected chi connectivity index (χ4v) is 3.72. The van der Waals surface area contributed by atoms with Crippen molar-refractivity contribution in [1.82, 2.24) is 0 Å². The smallest absolute Gasteiger partial charge is 0.335 e. The first-order valence-corrected chi connectivity index (χ1v) is 9.04. The van der Waals surface area contributed by atoms with Crippen LogP contribution in [0.2, 0.25) is 0 Å². The summed E-state index contributed by atoms with van der Waals surface area (Å²) in [4.78, 5) is 10.9. The Bertz CT molecular complexity index is 441. The largest absolute Gasteiger partial charge is 0.478 e. The van der Waals surface area contributed by atoms with Gasteiger partial charge in [0.05, 0.1) is 5.56 Å². The van der Waals surface area contributed by atoms with E-state index in [9.17, 15) is 4.79 Å². The SMILES string of the molecule is CCCCCCC[C@H]1CC[C@H](c2ccc(C(=O)O)cc2)CC1. The van der Waals surface area contributed by atoms with Crippen LogP contribution in [0.3, 0.4) is 0 Å². The molecule has 0 radical (unpaired) electrons. The highest BCUT2D eigenvalue weighted by atomic mass is 16.4. The molecule has 0 unspecified atom stereocenters. The normalized spacial score (nSPS) is 21.7. The van der Waals surface area contributed by atoms with Crippen LogP contribution in [-0.4, -0.2) is 11.1 Å². The fourth-order valence-electron chi connectivity index (χ4n) is 3.72. The average molecular weight is 302 g/mol. The molecule has 0 amide bonds. The molecule has 1 aromatic rings. The van der Waals surface area contributed by atoms with Crippen LogP contribution in [0.15, 0.2) is 24.3 Å². The molecule has 1 saturated carbocycles. The second-order valence-corrected chi connectivity index (χ2v) is 6.85. The van der Waals surface area contributed by atoms with E-state index in [4.69, 9.17) is 5.11 Å². The van der Waals surface area contributed by atoms with Crippen LogP contribution in [0, 0.1) is 5.92 Å². The van der Waals surface area contributed by atoms with Gasteiger partial charge >= 0.3 is 5.97 Å². The van der Waals surface area contributed by atoms with Gasteiger partial charge in [0.25, 0.3) is 0 Å². The van der Waals surface area contributed by atoms with Gasteiger partial charge in [0.1, 0.15) is 0 Å². The molecule has 1 aromatic carbocycles. The first kappa shape index (κ1) is 17.1. The molecular formula is C20H30O2. The predicted octanol–water partition coefficient (Wildman–Crippen LogP) is 6.02. The first-order valence-electron chi connectivity index (χ1n) is 9.04. The maximum Gasteiger partial charge on any atom is 0.335 e. The minimum absolute atomic E-state index is 0.393. The number of carboxylic acids is 1. The van der Waals surface area contributed by atoms with E-state index < -0.39 is 5.97 Å². The van der Waals surface area contributed by atoms with Crippen LogP contribution >= 0.6 is 0 Å². The van der Waals surface area contributed by atoms with Gasteiger partial charge in [0.15, 0.2) is 0 Å². The number of hydrogen-bond donors (Lipinski definition) is 1. The van der Waals surface area contributed by atoms with Crippen molar-refractivity contribution < 1.29 is 9.90 Å². The molecule has 2 rings (SSSR count). The highest BCUT2D eigenvalue weighted by Crippen LogP contribution is 2.37. The maximum absolute atomic E-state index is 10.9. The zero-order chi connectivity index (χ0) is 15.8. The van der Waals surface area contributed by atoms with Gasteiger partial charge in [-0.15, -0.1) is 0 Å². The van der Waals surface area contributed by atoms with Gasteiger partial charge < -0.3 is 5.11 Å². The molecule has 22 heavy (non-hydrogen) atoms. The van der Waals surface area contributed by atoms with Crippen molar-refractivity contribution in [3.05, 3.63) is 35.4 Å². The lowest BCUT2D eigenvalue weighted by Crippen LogP contribution is -2.13. The summed E-state index contributed by atoms with van der Waals surface area (Å²) >= 11 is 0. The Morgan fingerprint density at radius 1 is 1.00 bits per heavy atom. The zero-order valence-electron chi connectivity index (χ0n) is 13.9. The molecule has 1 aliphatic rings. The predicted molar refractivity (Wildman–Crippen MR) is 91.5 cm³/mol. The second-order valence-electron chi connectivity index (χ2n) is 6.85. The van der Waals surface area contributed by atoms with Gasteiger partial charge in [-0.1, -0.05) is 57.6 Å². The van der Waals surface area contributed by atoms with Crippen molar-refractivity contribution in [2.45, 2.75) is 77.0 Å². The summed E-state index contributed by atoms with van der Waals surface area (Å²) in [5, 5.41) is 8.96. The molecule has 0 atom stereocenters. The Morgan fingerprint density at radius 3 is 2.23 bits per heavy atom. The Hall–Kier alpha value is -1.31. The van der Waals surface area contributed by atoms with Gasteiger partial charge in [0.2, 0.25) is 0 Å². The highest BCUT2D eigenvalue weighted by molar-refractivity contribution is 5.87. The van der Waals surface area contributed by atoms with Crippen LogP contribution < -0.4 is 0 Å². The van der Waals surface area contributed by atoms with Gasteiger partial charge in [-0.3, -0.25) is 0 Å². The minimum atomic E-state index is -0.835. The number of unbranched alkanes of at least 4 members (excludes halogenated alkanes) is 4. The molecule has 0 aromatic heterocycles. The summed E-state index contributed by atoms with van der Waals surface area (Å²) in [7, 11) is 0. The number of benzene rings is 1. The van der Waals surface area contributed by atoms with Crippen molar-refractivity contribution in [3.63, 3.8) is 0 Å². The van der Waals surface area contributed by atoms with Crippen molar-refractivity contribution in [3.8, 4) is 0 Å². The third-order valence-corrected chi connectivity index (χ3v) is 5.19. The Morgan fingerprint density at radius 2 is 1.64 bits per heavy atom. The lowest BCUT2D eigenvalue weighted by Gasteiger charge is -2.29. The van der Waals surface area contributed by atoms with E-state index in [2.05, 4.69) is 6.92 Å². The summed E-state index contributed by atoms with van der Waals surface area (Å²) in [5.41, 5.74) is 1.72. The van der Waals surface area contributed by atoms with Gasteiger partial charge in [0, 0.05) is 0 Å². The minimum Gasteiger partial charge on any atom is -0.478 e. The summed E-state index contributed by atoms with van der Waals surface area (Å²) in [6, 6.07) is 7.52. The highest BCUT2D eigenvalue weighted by Gasteiger charge is 2.22. The van der Waals surface area contributed by atoms with Gasteiger partial charge in [-0.05, 0) is 55.2 Å². The summed E-state index contributed by atoms with van der Waals surface area (Å²) in [6.45, 7) is 2.27. The standard InChI is InChI=1S/C20H30O2/c1-2-3-4-5-6-7-16-8-10-17(11-9-16)18-12-14-19(15-13-18)20(21)22/h12-17H,2-11H2,1H3,(H,21,22)/t16-,17-. The summed E-state index contributed by atoms with van der Waals surface area (Å²) in [5.74, 6) is 0.730. The van der Waals surface area contributed by atoms with Crippen molar-refractivity contribution >= 4 is 5.97 Å². The molecule has 2 nitrogen and oxygen atoms in total. The van der Waals surface area contributed by atoms with Crippen LogP contribution in [0.5, 0.6) is 0 Å². The Balaban J connectivity index is 1.71. The Kier molecular flexibility index (Phi) is 6.95. The average Bonchev–Trinajstić information content (AvgIpc) is 2.55. The number of rotatable bonds is 8. The molecular weight excluding hydrogens is 272 g/mol. The van der Waals surface area contributed by atoms with E-state index in [1.807, 2.05) is 12.1 Å². The quantitative estimate of drug-likeness (QED) is 0.596. The first-order chi connectivity index (χ1) is 10.7. The molecule has 1 fully saturated rings. The summed E-state index contributed by atoms with van der Waals surface area (Å²) in [6.07, 6.45) is 13.6.